The minimum atomic E-state index is 0.336. The van der Waals surface area contributed by atoms with Crippen LogP contribution in [0.4, 0.5) is 5.69 Å². The lowest BCUT2D eigenvalue weighted by molar-refractivity contribution is 0.221. The first kappa shape index (κ1) is 22.2. The summed E-state index contributed by atoms with van der Waals surface area (Å²) >= 11 is 0. The summed E-state index contributed by atoms with van der Waals surface area (Å²) in [7, 11) is 0. The molecule has 5 rings (SSSR count). The van der Waals surface area contributed by atoms with Crippen LogP contribution in [0.2, 0.25) is 0 Å². The number of hydrogen-bond donors (Lipinski definition) is 0. The van der Waals surface area contributed by atoms with Crippen molar-refractivity contribution in [1.29, 1.82) is 0 Å². The summed E-state index contributed by atoms with van der Waals surface area (Å²) in [5.41, 5.74) is 5.19. The van der Waals surface area contributed by atoms with Crippen LogP contribution in [0.15, 0.2) is 54.7 Å². The van der Waals surface area contributed by atoms with Gasteiger partial charge in [-0.3, -0.25) is 4.98 Å². The highest BCUT2D eigenvalue weighted by Crippen LogP contribution is 2.35. The number of nitrogens with zero attached hydrogens (tertiary/aromatic N) is 3. The monoisotopic (exact) mass is 443 g/mol. The Kier molecular flexibility index (Phi) is 7.11. The molecule has 2 aliphatic rings. The maximum Gasteiger partial charge on any atom is 0.138 e. The quantitative estimate of drug-likeness (QED) is 0.358. The van der Waals surface area contributed by atoms with Gasteiger partial charge in [-0.15, -0.1) is 0 Å². The second-order valence-corrected chi connectivity index (χ2v) is 9.68. The lowest BCUT2D eigenvalue weighted by atomic mass is 10.0. The Morgan fingerprint density at radius 3 is 2.73 bits per heavy atom. The van der Waals surface area contributed by atoms with Gasteiger partial charge in [0.25, 0.3) is 0 Å². The third kappa shape index (κ3) is 5.33. The normalized spacial score (nSPS) is 17.3. The molecule has 0 bridgehead atoms. The Bertz CT molecular complexity index is 1060. The standard InChI is InChI=1S/C29H37N3O/c1-23(32-18-14-24-10-4-5-11-29(24)32)25-12-13-28-26(20-25)21-27(22-30-28)33-19-9-3-8-17-31-15-6-2-7-16-31/h4-5,10-13,20-23H,2-3,6-9,14-19H2,1H3/t23-/m1/s1. The first-order valence-corrected chi connectivity index (χ1v) is 12.9. The number of fused-ring (bicyclic) bond motifs is 2. The van der Waals surface area contributed by atoms with Gasteiger partial charge in [0.2, 0.25) is 0 Å². The molecule has 0 amide bonds. The van der Waals surface area contributed by atoms with Gasteiger partial charge in [0.05, 0.1) is 24.4 Å². The zero-order chi connectivity index (χ0) is 22.5. The highest BCUT2D eigenvalue weighted by Gasteiger charge is 2.24. The van der Waals surface area contributed by atoms with Crippen molar-refractivity contribution < 1.29 is 4.74 Å². The molecule has 33 heavy (non-hydrogen) atoms. The molecule has 0 saturated carbocycles. The average Bonchev–Trinajstić information content (AvgIpc) is 3.30. The lowest BCUT2D eigenvalue weighted by Crippen LogP contribution is -2.30. The van der Waals surface area contributed by atoms with E-state index in [0.717, 1.165) is 42.6 Å². The van der Waals surface area contributed by atoms with Gasteiger partial charge in [-0.1, -0.05) is 30.7 Å². The maximum atomic E-state index is 6.07. The number of ether oxygens (including phenoxy) is 1. The topological polar surface area (TPSA) is 28.6 Å². The van der Waals surface area contributed by atoms with Crippen molar-refractivity contribution in [3.63, 3.8) is 0 Å². The number of anilines is 1. The Labute approximate surface area is 198 Å². The van der Waals surface area contributed by atoms with E-state index in [9.17, 15) is 0 Å². The first-order chi connectivity index (χ1) is 16.3. The molecule has 2 aromatic carbocycles. The molecule has 174 valence electrons. The Morgan fingerprint density at radius 2 is 1.82 bits per heavy atom. The van der Waals surface area contributed by atoms with Gasteiger partial charge in [-0.05, 0) is 100 Å². The van der Waals surface area contributed by atoms with Crippen molar-refractivity contribution in [2.75, 3.05) is 37.7 Å². The molecule has 1 fully saturated rings. The summed E-state index contributed by atoms with van der Waals surface area (Å²) < 4.78 is 6.07. The summed E-state index contributed by atoms with van der Waals surface area (Å²) in [4.78, 5) is 9.79. The molecule has 0 spiro atoms. The van der Waals surface area contributed by atoms with Crippen LogP contribution < -0.4 is 9.64 Å². The van der Waals surface area contributed by atoms with E-state index in [-0.39, 0.29) is 0 Å². The molecule has 2 aliphatic heterocycles. The van der Waals surface area contributed by atoms with Crippen molar-refractivity contribution in [3.8, 4) is 5.75 Å². The third-order valence-electron chi connectivity index (χ3n) is 7.39. The summed E-state index contributed by atoms with van der Waals surface area (Å²) in [5.74, 6) is 0.884. The van der Waals surface area contributed by atoms with E-state index in [0.29, 0.717) is 6.04 Å². The molecule has 0 aliphatic carbocycles. The van der Waals surface area contributed by atoms with Crippen molar-refractivity contribution in [2.45, 2.75) is 57.9 Å². The van der Waals surface area contributed by atoms with E-state index in [1.807, 2.05) is 6.20 Å². The second kappa shape index (κ2) is 10.6. The average molecular weight is 444 g/mol. The number of likely N-dealkylation sites (tertiary alicyclic amines) is 1. The molecule has 4 heteroatoms. The lowest BCUT2D eigenvalue weighted by Gasteiger charge is -2.28. The zero-order valence-electron chi connectivity index (χ0n) is 20.0. The molecule has 3 aromatic rings. The van der Waals surface area contributed by atoms with Crippen molar-refractivity contribution in [1.82, 2.24) is 9.88 Å². The maximum absolute atomic E-state index is 6.07. The summed E-state index contributed by atoms with van der Waals surface area (Å²) in [6, 6.07) is 17.9. The van der Waals surface area contributed by atoms with Crippen molar-refractivity contribution in [3.05, 3.63) is 65.9 Å². The number of pyridine rings is 1. The molecule has 0 radical (unpaired) electrons. The van der Waals surface area contributed by atoms with E-state index in [1.165, 1.54) is 68.6 Å². The Hall–Kier alpha value is -2.59. The van der Waals surface area contributed by atoms with Gasteiger partial charge >= 0.3 is 0 Å². The van der Waals surface area contributed by atoms with Gasteiger partial charge in [0, 0.05) is 17.6 Å². The van der Waals surface area contributed by atoms with Crippen LogP contribution in [-0.4, -0.2) is 42.7 Å². The molecular formula is C29H37N3O. The SMILES string of the molecule is C[C@H](c1ccc2ncc(OCCCCCN3CCCCC3)cc2c1)N1CCc2ccccc21. The van der Waals surface area contributed by atoms with Crippen LogP contribution >= 0.6 is 0 Å². The minimum absolute atomic E-state index is 0.336. The highest BCUT2D eigenvalue weighted by atomic mass is 16.5. The van der Waals surface area contributed by atoms with E-state index in [1.54, 1.807) is 0 Å². The van der Waals surface area contributed by atoms with Gasteiger partial charge in [-0.2, -0.15) is 0 Å². The van der Waals surface area contributed by atoms with E-state index >= 15 is 0 Å². The molecule has 1 saturated heterocycles. The fourth-order valence-corrected chi connectivity index (χ4v) is 5.40. The smallest absolute Gasteiger partial charge is 0.138 e. The molecule has 0 N–H and O–H groups in total. The summed E-state index contributed by atoms with van der Waals surface area (Å²) in [6.07, 6.45) is 10.8. The second-order valence-electron chi connectivity index (χ2n) is 9.68. The molecule has 1 aromatic heterocycles. The van der Waals surface area contributed by atoms with Crippen LogP contribution in [-0.2, 0) is 6.42 Å². The van der Waals surface area contributed by atoms with Gasteiger partial charge in [0.1, 0.15) is 5.75 Å². The van der Waals surface area contributed by atoms with Crippen LogP contribution in [0, 0.1) is 0 Å². The summed E-state index contributed by atoms with van der Waals surface area (Å²) in [6.45, 7) is 8.00. The Morgan fingerprint density at radius 1 is 0.939 bits per heavy atom. The minimum Gasteiger partial charge on any atom is -0.492 e. The van der Waals surface area contributed by atoms with E-state index in [2.05, 4.69) is 70.2 Å². The van der Waals surface area contributed by atoms with Gasteiger partial charge in [0.15, 0.2) is 0 Å². The number of unbranched alkanes of at least 4 members (excludes halogenated alkanes) is 2. The largest absolute Gasteiger partial charge is 0.492 e. The van der Waals surface area contributed by atoms with Crippen molar-refractivity contribution >= 4 is 16.6 Å². The van der Waals surface area contributed by atoms with Crippen LogP contribution in [0.3, 0.4) is 0 Å². The van der Waals surface area contributed by atoms with Crippen LogP contribution in [0.5, 0.6) is 5.75 Å². The predicted molar refractivity (Wildman–Crippen MR) is 137 cm³/mol. The Balaban J connectivity index is 1.16. The first-order valence-electron chi connectivity index (χ1n) is 12.9. The summed E-state index contributed by atoms with van der Waals surface area (Å²) in [5, 5.41) is 1.16. The highest BCUT2D eigenvalue weighted by molar-refractivity contribution is 5.80. The third-order valence-corrected chi connectivity index (χ3v) is 7.39. The number of hydrogen-bond acceptors (Lipinski definition) is 4. The predicted octanol–water partition coefficient (Wildman–Crippen LogP) is 6.39. The molecule has 0 unspecified atom stereocenters. The molecular weight excluding hydrogens is 406 g/mol. The zero-order valence-corrected chi connectivity index (χ0v) is 20.0. The molecule has 3 heterocycles. The van der Waals surface area contributed by atoms with Gasteiger partial charge < -0.3 is 14.5 Å². The molecule has 1 atom stereocenters. The van der Waals surface area contributed by atoms with Crippen LogP contribution in [0.1, 0.15) is 62.6 Å². The van der Waals surface area contributed by atoms with E-state index < -0.39 is 0 Å². The van der Waals surface area contributed by atoms with Gasteiger partial charge in [-0.25, -0.2) is 0 Å². The number of aromatic nitrogens is 1. The number of benzene rings is 2. The fraction of sp³-hybridized carbons (Fsp3) is 0.483. The fourth-order valence-electron chi connectivity index (χ4n) is 5.40. The van der Waals surface area contributed by atoms with Crippen molar-refractivity contribution in [2.24, 2.45) is 0 Å². The molecule has 4 nitrogen and oxygen atoms in total. The van der Waals surface area contributed by atoms with E-state index in [4.69, 9.17) is 4.74 Å². The number of rotatable bonds is 9. The van der Waals surface area contributed by atoms with Crippen LogP contribution in [0.25, 0.3) is 10.9 Å². The number of piperidine rings is 1. The number of para-hydroxylation sites is 1.